The van der Waals surface area contributed by atoms with E-state index in [1.807, 2.05) is 24.2 Å². The molecule has 3 nitrogen and oxygen atoms in total. The van der Waals surface area contributed by atoms with Crippen molar-refractivity contribution in [2.24, 2.45) is 18.4 Å². The molecular weight excluding hydrogens is 260 g/mol. The standard InChI is InChI=1S/C18H32N2O/c1-14(2)20(13-16-9-8-10-19(16)7)17(21)11-15(3)12-18(4,5)6/h8-10,14-15H,11-13H2,1-7H3. The maximum Gasteiger partial charge on any atom is 0.223 e. The molecule has 0 aromatic carbocycles. The zero-order chi connectivity index (χ0) is 16.2. The average molecular weight is 292 g/mol. The molecule has 0 aliphatic carbocycles. The minimum Gasteiger partial charge on any atom is -0.353 e. The lowest BCUT2D eigenvalue weighted by Gasteiger charge is -2.30. The van der Waals surface area contributed by atoms with Crippen molar-refractivity contribution in [2.75, 3.05) is 0 Å². The maximum atomic E-state index is 12.6. The van der Waals surface area contributed by atoms with E-state index in [9.17, 15) is 4.79 Å². The van der Waals surface area contributed by atoms with Crippen molar-refractivity contribution in [1.82, 2.24) is 9.47 Å². The number of amides is 1. The predicted octanol–water partition coefficient (Wildman–Crippen LogP) is 4.22. The lowest BCUT2D eigenvalue weighted by molar-refractivity contribution is -0.134. The highest BCUT2D eigenvalue weighted by atomic mass is 16.2. The number of hydrogen-bond donors (Lipinski definition) is 0. The highest BCUT2D eigenvalue weighted by Crippen LogP contribution is 2.26. The number of nitrogens with zero attached hydrogens (tertiary/aromatic N) is 2. The summed E-state index contributed by atoms with van der Waals surface area (Å²) in [4.78, 5) is 14.6. The van der Waals surface area contributed by atoms with E-state index in [0.717, 1.165) is 6.42 Å². The molecule has 0 radical (unpaired) electrons. The summed E-state index contributed by atoms with van der Waals surface area (Å²) in [6, 6.07) is 4.34. The van der Waals surface area contributed by atoms with Gasteiger partial charge in [0.2, 0.25) is 5.91 Å². The first-order chi connectivity index (χ1) is 9.60. The third-order valence-corrected chi connectivity index (χ3v) is 3.81. The van der Waals surface area contributed by atoms with Crippen LogP contribution in [0.25, 0.3) is 0 Å². The van der Waals surface area contributed by atoms with Gasteiger partial charge in [0.15, 0.2) is 0 Å². The Morgan fingerprint density at radius 1 is 1.29 bits per heavy atom. The zero-order valence-electron chi connectivity index (χ0n) is 14.8. The molecule has 0 aliphatic rings. The lowest BCUT2D eigenvalue weighted by Crippen LogP contribution is -2.37. The van der Waals surface area contributed by atoms with E-state index in [4.69, 9.17) is 0 Å². The molecule has 21 heavy (non-hydrogen) atoms. The monoisotopic (exact) mass is 292 g/mol. The van der Waals surface area contributed by atoms with E-state index in [-0.39, 0.29) is 17.4 Å². The summed E-state index contributed by atoms with van der Waals surface area (Å²) in [7, 11) is 2.03. The van der Waals surface area contributed by atoms with Crippen molar-refractivity contribution in [3.05, 3.63) is 24.0 Å². The first-order valence-corrected chi connectivity index (χ1v) is 8.00. The summed E-state index contributed by atoms with van der Waals surface area (Å²) in [6.07, 6.45) is 3.75. The minimum absolute atomic E-state index is 0.231. The van der Waals surface area contributed by atoms with E-state index in [1.165, 1.54) is 5.69 Å². The Morgan fingerprint density at radius 3 is 2.33 bits per heavy atom. The van der Waals surface area contributed by atoms with Crippen molar-refractivity contribution in [2.45, 2.75) is 67.0 Å². The van der Waals surface area contributed by atoms with Gasteiger partial charge in [-0.25, -0.2) is 0 Å². The van der Waals surface area contributed by atoms with Crippen LogP contribution in [-0.2, 0) is 18.4 Å². The van der Waals surface area contributed by atoms with Gasteiger partial charge in [0.05, 0.1) is 6.54 Å². The molecule has 1 aromatic rings. The van der Waals surface area contributed by atoms with Crippen molar-refractivity contribution in [1.29, 1.82) is 0 Å². The van der Waals surface area contributed by atoms with Gasteiger partial charge >= 0.3 is 0 Å². The number of aryl methyl sites for hydroxylation is 1. The second-order valence-corrected chi connectivity index (χ2v) is 7.80. The Labute approximate surface area is 130 Å². The maximum absolute atomic E-state index is 12.6. The van der Waals surface area contributed by atoms with Crippen LogP contribution in [0.4, 0.5) is 0 Å². The Kier molecular flexibility index (Phi) is 6.06. The van der Waals surface area contributed by atoms with Crippen LogP contribution in [0, 0.1) is 11.3 Å². The average Bonchev–Trinajstić information content (AvgIpc) is 2.68. The third-order valence-electron chi connectivity index (χ3n) is 3.81. The molecule has 1 atom stereocenters. The van der Waals surface area contributed by atoms with Gasteiger partial charge < -0.3 is 9.47 Å². The van der Waals surface area contributed by atoms with Crippen LogP contribution in [0.3, 0.4) is 0 Å². The van der Waals surface area contributed by atoms with Crippen LogP contribution in [0.15, 0.2) is 18.3 Å². The molecule has 1 heterocycles. The van der Waals surface area contributed by atoms with Crippen molar-refractivity contribution < 1.29 is 4.79 Å². The SMILES string of the molecule is CC(CC(=O)N(Cc1cccn1C)C(C)C)CC(C)(C)C. The summed E-state index contributed by atoms with van der Waals surface area (Å²) < 4.78 is 2.08. The number of carbonyl (C=O) groups is 1. The Bertz CT molecular complexity index is 454. The molecule has 0 saturated carbocycles. The molecule has 1 rings (SSSR count). The van der Waals surface area contributed by atoms with Crippen LogP contribution < -0.4 is 0 Å². The van der Waals surface area contributed by atoms with E-state index < -0.39 is 0 Å². The molecule has 1 aromatic heterocycles. The Balaban J connectivity index is 2.68. The third kappa shape index (κ3) is 5.94. The fourth-order valence-corrected chi connectivity index (χ4v) is 2.93. The second kappa shape index (κ2) is 7.15. The van der Waals surface area contributed by atoms with Gasteiger partial charge in [-0.15, -0.1) is 0 Å². The molecule has 0 fully saturated rings. The van der Waals surface area contributed by atoms with E-state index >= 15 is 0 Å². The predicted molar refractivity (Wildman–Crippen MR) is 89.0 cm³/mol. The second-order valence-electron chi connectivity index (χ2n) is 7.80. The number of aromatic nitrogens is 1. The van der Waals surface area contributed by atoms with Crippen molar-refractivity contribution >= 4 is 5.91 Å². The van der Waals surface area contributed by atoms with Gasteiger partial charge in [-0.3, -0.25) is 4.79 Å². The fourth-order valence-electron chi connectivity index (χ4n) is 2.93. The van der Waals surface area contributed by atoms with Crippen LogP contribution >= 0.6 is 0 Å². The molecular formula is C18H32N2O. The number of hydrogen-bond acceptors (Lipinski definition) is 1. The zero-order valence-corrected chi connectivity index (χ0v) is 14.8. The normalized spacial score (nSPS) is 13.5. The molecule has 3 heteroatoms. The smallest absolute Gasteiger partial charge is 0.223 e. The molecule has 0 N–H and O–H groups in total. The quantitative estimate of drug-likeness (QED) is 0.770. The minimum atomic E-state index is 0.231. The molecule has 1 unspecified atom stereocenters. The summed E-state index contributed by atoms with van der Waals surface area (Å²) in [5.74, 6) is 0.690. The summed E-state index contributed by atoms with van der Waals surface area (Å²) in [5, 5.41) is 0. The first kappa shape index (κ1) is 17.8. The Hall–Kier alpha value is -1.25. The summed E-state index contributed by atoms with van der Waals surface area (Å²) in [5.41, 5.74) is 1.46. The van der Waals surface area contributed by atoms with E-state index in [2.05, 4.69) is 52.2 Å². The largest absolute Gasteiger partial charge is 0.353 e. The number of rotatable bonds is 6. The first-order valence-electron chi connectivity index (χ1n) is 8.00. The van der Waals surface area contributed by atoms with Crippen LogP contribution in [0.2, 0.25) is 0 Å². The molecule has 0 saturated heterocycles. The molecule has 1 amide bonds. The van der Waals surface area contributed by atoms with E-state index in [1.54, 1.807) is 0 Å². The summed E-state index contributed by atoms with van der Waals surface area (Å²) >= 11 is 0. The fraction of sp³-hybridized carbons (Fsp3) is 0.722. The van der Waals surface area contributed by atoms with Gasteiger partial charge in [-0.05, 0) is 43.7 Å². The van der Waals surface area contributed by atoms with Gasteiger partial charge in [-0.2, -0.15) is 0 Å². The van der Waals surface area contributed by atoms with Gasteiger partial charge in [0.25, 0.3) is 0 Å². The van der Waals surface area contributed by atoms with E-state index in [0.29, 0.717) is 18.9 Å². The van der Waals surface area contributed by atoms with Crippen molar-refractivity contribution in [3.63, 3.8) is 0 Å². The van der Waals surface area contributed by atoms with Gasteiger partial charge in [0.1, 0.15) is 0 Å². The van der Waals surface area contributed by atoms with Crippen molar-refractivity contribution in [3.8, 4) is 0 Å². The lowest BCUT2D eigenvalue weighted by atomic mass is 9.84. The summed E-state index contributed by atoms with van der Waals surface area (Å²) in [6.45, 7) is 13.8. The van der Waals surface area contributed by atoms with Crippen LogP contribution in [-0.4, -0.2) is 21.4 Å². The van der Waals surface area contributed by atoms with Gasteiger partial charge in [0, 0.05) is 31.4 Å². The van der Waals surface area contributed by atoms with Crippen LogP contribution in [0.1, 0.15) is 60.1 Å². The molecule has 0 bridgehead atoms. The molecule has 120 valence electrons. The number of carbonyl (C=O) groups excluding carboxylic acids is 1. The molecule has 0 spiro atoms. The highest BCUT2D eigenvalue weighted by molar-refractivity contribution is 5.76. The van der Waals surface area contributed by atoms with Gasteiger partial charge in [-0.1, -0.05) is 27.7 Å². The topological polar surface area (TPSA) is 25.2 Å². The Morgan fingerprint density at radius 2 is 1.90 bits per heavy atom. The van der Waals surface area contributed by atoms with Crippen LogP contribution in [0.5, 0.6) is 0 Å². The molecule has 0 aliphatic heterocycles. The highest BCUT2D eigenvalue weighted by Gasteiger charge is 2.23.